The first-order valence-corrected chi connectivity index (χ1v) is 9.57. The summed E-state index contributed by atoms with van der Waals surface area (Å²) in [6.45, 7) is 4.77. The second-order valence-corrected chi connectivity index (χ2v) is 6.61. The van der Waals surface area contributed by atoms with Gasteiger partial charge in [0, 0.05) is 57.5 Å². The number of H-pyrrole nitrogens is 1. The van der Waals surface area contributed by atoms with Gasteiger partial charge in [-0.3, -0.25) is 4.79 Å². The Balaban J connectivity index is 1.90. The minimum atomic E-state index is -0.254. The van der Waals surface area contributed by atoms with Gasteiger partial charge in [0.25, 0.3) is 0 Å². The molecule has 1 aromatic carbocycles. The topological polar surface area (TPSA) is 81.8 Å². The summed E-state index contributed by atoms with van der Waals surface area (Å²) in [6.07, 6.45) is 3.49. The van der Waals surface area contributed by atoms with Crippen LogP contribution >= 0.6 is 0 Å². The highest BCUT2D eigenvalue weighted by Crippen LogP contribution is 2.19. The van der Waals surface area contributed by atoms with E-state index in [4.69, 9.17) is 4.74 Å². The lowest BCUT2D eigenvalue weighted by Gasteiger charge is -2.14. The van der Waals surface area contributed by atoms with Crippen LogP contribution < -0.4 is 10.6 Å². The van der Waals surface area contributed by atoms with Crippen LogP contribution in [0.2, 0.25) is 0 Å². The molecule has 0 radical (unpaired) electrons. The second-order valence-electron chi connectivity index (χ2n) is 6.61. The van der Waals surface area contributed by atoms with Crippen molar-refractivity contribution in [3.8, 4) is 0 Å². The maximum atomic E-state index is 13.3. The van der Waals surface area contributed by atoms with Crippen LogP contribution in [0.1, 0.15) is 18.9 Å². The number of aliphatic imine (C=N–C) groups is 1. The molecule has 2 aromatic rings. The fourth-order valence-corrected chi connectivity index (χ4v) is 2.67. The SMILES string of the molecule is CCOCCCNC(=NCC(=O)N(C)C)NCCc1c[nH]c2cc(F)ccc12. The molecule has 0 aliphatic carbocycles. The Hall–Kier alpha value is -2.61. The number of guanidine groups is 1. The van der Waals surface area contributed by atoms with Crippen molar-refractivity contribution in [1.29, 1.82) is 0 Å². The first-order valence-electron chi connectivity index (χ1n) is 9.57. The predicted molar refractivity (Wildman–Crippen MR) is 110 cm³/mol. The number of carbonyl (C=O) groups is 1. The van der Waals surface area contributed by atoms with Crippen molar-refractivity contribution >= 4 is 22.8 Å². The number of ether oxygens (including phenoxy) is 1. The number of aromatic amines is 1. The summed E-state index contributed by atoms with van der Waals surface area (Å²) in [4.78, 5) is 20.8. The summed E-state index contributed by atoms with van der Waals surface area (Å²) in [6, 6.07) is 4.74. The van der Waals surface area contributed by atoms with Crippen molar-refractivity contribution in [1.82, 2.24) is 20.5 Å². The van der Waals surface area contributed by atoms with Crippen LogP contribution in [0.25, 0.3) is 10.9 Å². The molecule has 0 unspecified atom stereocenters. The van der Waals surface area contributed by atoms with E-state index in [0.29, 0.717) is 32.3 Å². The van der Waals surface area contributed by atoms with Crippen molar-refractivity contribution in [2.75, 3.05) is 46.9 Å². The average molecular weight is 391 g/mol. The number of likely N-dealkylation sites (N-methyl/N-ethyl adjacent to an activating group) is 1. The Morgan fingerprint density at radius 1 is 1.29 bits per heavy atom. The number of fused-ring (bicyclic) bond motifs is 1. The van der Waals surface area contributed by atoms with Crippen LogP contribution in [0.4, 0.5) is 4.39 Å². The summed E-state index contributed by atoms with van der Waals surface area (Å²) < 4.78 is 18.6. The van der Waals surface area contributed by atoms with Gasteiger partial charge >= 0.3 is 0 Å². The summed E-state index contributed by atoms with van der Waals surface area (Å²) >= 11 is 0. The number of rotatable bonds is 10. The molecule has 7 nitrogen and oxygen atoms in total. The third kappa shape index (κ3) is 6.84. The predicted octanol–water partition coefficient (Wildman–Crippen LogP) is 1.90. The zero-order chi connectivity index (χ0) is 20.4. The zero-order valence-electron chi connectivity index (χ0n) is 16.8. The number of nitrogens with zero attached hydrogens (tertiary/aromatic N) is 2. The minimum Gasteiger partial charge on any atom is -0.382 e. The number of carbonyl (C=O) groups excluding carboxylic acids is 1. The summed E-state index contributed by atoms with van der Waals surface area (Å²) in [5, 5.41) is 7.50. The molecule has 0 saturated carbocycles. The molecule has 0 spiro atoms. The molecule has 0 atom stereocenters. The number of aromatic nitrogens is 1. The van der Waals surface area contributed by atoms with Gasteiger partial charge in [0.15, 0.2) is 5.96 Å². The first-order chi connectivity index (χ1) is 13.5. The monoisotopic (exact) mass is 391 g/mol. The molecular formula is C20H30FN5O2. The smallest absolute Gasteiger partial charge is 0.243 e. The molecule has 0 aliphatic heterocycles. The van der Waals surface area contributed by atoms with Crippen LogP contribution in [0.5, 0.6) is 0 Å². The van der Waals surface area contributed by atoms with E-state index in [9.17, 15) is 9.18 Å². The molecule has 1 aromatic heterocycles. The van der Waals surface area contributed by atoms with Gasteiger partial charge in [0.2, 0.25) is 5.91 Å². The largest absolute Gasteiger partial charge is 0.382 e. The lowest BCUT2D eigenvalue weighted by molar-refractivity contribution is -0.127. The third-order valence-electron chi connectivity index (χ3n) is 4.25. The molecular weight excluding hydrogens is 361 g/mol. The first kappa shape index (κ1) is 21.7. The third-order valence-corrected chi connectivity index (χ3v) is 4.25. The Morgan fingerprint density at radius 3 is 2.82 bits per heavy atom. The lowest BCUT2D eigenvalue weighted by atomic mass is 10.1. The summed E-state index contributed by atoms with van der Waals surface area (Å²) in [5.41, 5.74) is 1.89. The van der Waals surface area contributed by atoms with Gasteiger partial charge in [-0.05, 0) is 43.5 Å². The molecule has 0 aliphatic rings. The minimum absolute atomic E-state index is 0.0610. The molecule has 1 heterocycles. The fourth-order valence-electron chi connectivity index (χ4n) is 2.67. The van der Waals surface area contributed by atoms with Crippen LogP contribution in [-0.4, -0.2) is 68.7 Å². The van der Waals surface area contributed by atoms with E-state index in [1.165, 1.54) is 17.0 Å². The number of nitrogens with one attached hydrogen (secondary N) is 3. The number of hydrogen-bond acceptors (Lipinski definition) is 3. The highest BCUT2D eigenvalue weighted by atomic mass is 19.1. The molecule has 1 amide bonds. The molecule has 0 bridgehead atoms. The van der Waals surface area contributed by atoms with E-state index < -0.39 is 0 Å². The zero-order valence-corrected chi connectivity index (χ0v) is 16.8. The van der Waals surface area contributed by atoms with E-state index >= 15 is 0 Å². The summed E-state index contributed by atoms with van der Waals surface area (Å²) in [7, 11) is 3.42. The fraction of sp³-hybridized carbons (Fsp3) is 0.500. The molecule has 154 valence electrons. The number of halogens is 1. The van der Waals surface area contributed by atoms with Crippen molar-refractivity contribution < 1.29 is 13.9 Å². The normalized spacial score (nSPS) is 11.6. The van der Waals surface area contributed by atoms with E-state index in [-0.39, 0.29) is 18.3 Å². The Labute approximate surface area is 165 Å². The summed E-state index contributed by atoms with van der Waals surface area (Å²) in [5.74, 6) is 0.280. The van der Waals surface area contributed by atoms with E-state index in [0.717, 1.165) is 29.3 Å². The van der Waals surface area contributed by atoms with Gasteiger partial charge in [-0.15, -0.1) is 0 Å². The van der Waals surface area contributed by atoms with Crippen LogP contribution in [0, 0.1) is 5.82 Å². The standard InChI is InChI=1S/C20H30FN5O2/c1-4-28-11-5-9-22-20(25-14-19(27)26(2)3)23-10-8-15-13-24-18-12-16(21)6-7-17(15)18/h6-7,12-13,24H,4-5,8-11,14H2,1-3H3,(H2,22,23,25). The van der Waals surface area contributed by atoms with Crippen LogP contribution in [-0.2, 0) is 16.0 Å². The molecule has 3 N–H and O–H groups in total. The van der Waals surface area contributed by atoms with Gasteiger partial charge in [-0.1, -0.05) is 0 Å². The molecule has 0 fully saturated rings. The number of hydrogen-bond donors (Lipinski definition) is 3. The van der Waals surface area contributed by atoms with Gasteiger partial charge in [-0.2, -0.15) is 0 Å². The highest BCUT2D eigenvalue weighted by molar-refractivity contribution is 5.85. The lowest BCUT2D eigenvalue weighted by Crippen LogP contribution is -2.40. The highest BCUT2D eigenvalue weighted by Gasteiger charge is 2.07. The number of amides is 1. The van der Waals surface area contributed by atoms with Crippen LogP contribution in [0.15, 0.2) is 29.4 Å². The molecule has 8 heteroatoms. The Bertz CT molecular complexity index is 788. The van der Waals surface area contributed by atoms with Gasteiger partial charge in [0.05, 0.1) is 0 Å². The average Bonchev–Trinajstić information content (AvgIpc) is 3.06. The Kier molecular flexibility index (Phi) is 8.74. The van der Waals surface area contributed by atoms with Gasteiger partial charge in [0.1, 0.15) is 12.4 Å². The van der Waals surface area contributed by atoms with Gasteiger partial charge in [-0.25, -0.2) is 9.38 Å². The maximum Gasteiger partial charge on any atom is 0.243 e. The van der Waals surface area contributed by atoms with Gasteiger partial charge < -0.3 is 25.3 Å². The van der Waals surface area contributed by atoms with Crippen molar-refractivity contribution in [2.45, 2.75) is 19.8 Å². The van der Waals surface area contributed by atoms with E-state index in [2.05, 4.69) is 20.6 Å². The van der Waals surface area contributed by atoms with E-state index in [1.807, 2.05) is 13.1 Å². The quantitative estimate of drug-likeness (QED) is 0.328. The maximum absolute atomic E-state index is 13.3. The van der Waals surface area contributed by atoms with Crippen LogP contribution in [0.3, 0.4) is 0 Å². The van der Waals surface area contributed by atoms with Crippen molar-refractivity contribution in [2.24, 2.45) is 4.99 Å². The number of benzene rings is 1. The molecule has 28 heavy (non-hydrogen) atoms. The van der Waals surface area contributed by atoms with Crippen molar-refractivity contribution in [3.05, 3.63) is 35.8 Å². The van der Waals surface area contributed by atoms with E-state index in [1.54, 1.807) is 20.2 Å². The van der Waals surface area contributed by atoms with Crippen molar-refractivity contribution in [3.63, 3.8) is 0 Å². The Morgan fingerprint density at radius 2 is 2.07 bits per heavy atom. The second kappa shape index (κ2) is 11.3. The molecule has 2 rings (SSSR count). The molecule has 0 saturated heterocycles.